The molecule has 6 nitrogen and oxygen atoms in total. The molecule has 1 fully saturated rings. The van der Waals surface area contributed by atoms with Gasteiger partial charge in [-0.3, -0.25) is 4.90 Å². The van der Waals surface area contributed by atoms with Gasteiger partial charge in [-0.25, -0.2) is 4.98 Å². The molecule has 1 aliphatic heterocycles. The van der Waals surface area contributed by atoms with Gasteiger partial charge in [-0.05, 0) is 65.3 Å². The number of phenols is 1. The Bertz CT molecular complexity index is 879. The molecule has 0 spiro atoms. The Morgan fingerprint density at radius 1 is 1.17 bits per heavy atom. The molecule has 1 saturated heterocycles. The predicted octanol–water partition coefficient (Wildman–Crippen LogP) is 4.25. The largest absolute Gasteiger partial charge is 0.507 e. The molecule has 2 N–H and O–H groups in total. The number of anilines is 1. The van der Waals surface area contributed by atoms with Crippen LogP contribution < -0.4 is 5.32 Å². The molecular formula is C20H26F3N5O. The van der Waals surface area contributed by atoms with E-state index in [1.165, 1.54) is 6.07 Å². The van der Waals surface area contributed by atoms with E-state index in [4.69, 9.17) is 0 Å². The fraction of sp³-hybridized carbons (Fsp3) is 0.550. The lowest BCUT2D eigenvalue weighted by Crippen LogP contribution is -2.50. The molecule has 0 aliphatic carbocycles. The molecule has 0 amide bonds. The predicted molar refractivity (Wildman–Crippen MR) is 105 cm³/mol. The Kier molecular flexibility index (Phi) is 5.71. The summed E-state index contributed by atoms with van der Waals surface area (Å²) in [6.07, 6.45) is -2.46. The number of nitrogens with one attached hydrogen (secondary N) is 1. The average molecular weight is 409 g/mol. The van der Waals surface area contributed by atoms with Crippen molar-refractivity contribution in [1.29, 1.82) is 0 Å². The van der Waals surface area contributed by atoms with Gasteiger partial charge in [0.1, 0.15) is 11.4 Å². The van der Waals surface area contributed by atoms with Crippen molar-refractivity contribution in [2.75, 3.05) is 18.4 Å². The first kappa shape index (κ1) is 21.3. The lowest BCUT2D eigenvalue weighted by atomic mass is 9.98. The van der Waals surface area contributed by atoms with Crippen LogP contribution in [0.2, 0.25) is 0 Å². The molecule has 158 valence electrons. The Labute approximate surface area is 168 Å². The van der Waals surface area contributed by atoms with E-state index in [0.29, 0.717) is 17.7 Å². The minimum absolute atomic E-state index is 0.0827. The quantitative estimate of drug-likeness (QED) is 0.790. The number of halogens is 3. The molecule has 3 rings (SSSR count). The first-order valence-corrected chi connectivity index (χ1v) is 9.58. The zero-order chi connectivity index (χ0) is 21.4. The van der Waals surface area contributed by atoms with Crippen LogP contribution in [0.1, 0.15) is 44.9 Å². The van der Waals surface area contributed by atoms with Crippen LogP contribution in [0.15, 0.2) is 18.2 Å². The summed E-state index contributed by atoms with van der Waals surface area (Å²) in [5.41, 5.74) is 0.0528. The van der Waals surface area contributed by atoms with Crippen LogP contribution >= 0.6 is 0 Å². The number of piperidine rings is 1. The highest BCUT2D eigenvalue weighted by atomic mass is 19.4. The van der Waals surface area contributed by atoms with Gasteiger partial charge in [0.2, 0.25) is 5.95 Å². The second-order valence-corrected chi connectivity index (χ2v) is 8.40. The van der Waals surface area contributed by atoms with E-state index < -0.39 is 17.5 Å². The summed E-state index contributed by atoms with van der Waals surface area (Å²) in [7, 11) is 0. The summed E-state index contributed by atoms with van der Waals surface area (Å²) in [4.78, 5) is 6.81. The topological polar surface area (TPSA) is 74.2 Å². The Morgan fingerprint density at radius 2 is 1.90 bits per heavy atom. The number of alkyl halides is 3. The van der Waals surface area contributed by atoms with E-state index in [-0.39, 0.29) is 22.8 Å². The Balaban J connectivity index is 1.77. The molecule has 0 bridgehead atoms. The first-order valence-electron chi connectivity index (χ1n) is 9.58. The summed E-state index contributed by atoms with van der Waals surface area (Å²) in [5, 5.41) is 21.6. The second-order valence-electron chi connectivity index (χ2n) is 8.40. The number of likely N-dealkylation sites (tertiary alicyclic amines) is 1. The summed E-state index contributed by atoms with van der Waals surface area (Å²) < 4.78 is 38.4. The van der Waals surface area contributed by atoms with E-state index in [0.717, 1.165) is 32.0 Å². The standard InChI is InChI=1S/C20H26F3N5O/c1-12-17(15-8-7-13(10-16(15)29)20(21,22)23)26-27-18(24-12)25-14-6-5-9-28(11-14)19(2,3)4/h7-8,10,14,29H,5-6,9,11H2,1-4H3,(H,24,25,27)/t14-/m0/s1. The molecule has 2 heterocycles. The molecular weight excluding hydrogens is 383 g/mol. The van der Waals surface area contributed by atoms with Crippen molar-refractivity contribution < 1.29 is 18.3 Å². The molecule has 1 atom stereocenters. The number of benzene rings is 1. The summed E-state index contributed by atoms with van der Waals surface area (Å²) in [6, 6.07) is 2.97. The maximum absolute atomic E-state index is 12.8. The number of nitrogens with zero attached hydrogens (tertiary/aromatic N) is 4. The number of aryl methyl sites for hydroxylation is 1. The maximum Gasteiger partial charge on any atom is 0.416 e. The average Bonchev–Trinajstić information content (AvgIpc) is 2.61. The normalized spacial score (nSPS) is 18.7. The minimum atomic E-state index is -4.52. The summed E-state index contributed by atoms with van der Waals surface area (Å²) in [6.45, 7) is 10.2. The third kappa shape index (κ3) is 4.95. The van der Waals surface area contributed by atoms with E-state index in [9.17, 15) is 18.3 Å². The molecule has 0 saturated carbocycles. The van der Waals surface area contributed by atoms with Gasteiger partial charge in [0.15, 0.2) is 0 Å². The SMILES string of the molecule is Cc1nc(N[C@H]2CCCN(C(C)(C)C)C2)nnc1-c1ccc(C(F)(F)F)cc1O. The van der Waals surface area contributed by atoms with Crippen LogP contribution in [-0.4, -0.2) is 49.9 Å². The molecule has 9 heteroatoms. The maximum atomic E-state index is 12.8. The van der Waals surface area contributed by atoms with Crippen molar-refractivity contribution in [2.24, 2.45) is 0 Å². The van der Waals surface area contributed by atoms with Crippen LogP contribution in [0.4, 0.5) is 19.1 Å². The number of aromatic nitrogens is 3. The number of hydrogen-bond donors (Lipinski definition) is 2. The third-order valence-electron chi connectivity index (χ3n) is 5.14. The zero-order valence-electron chi connectivity index (χ0n) is 17.0. The highest BCUT2D eigenvalue weighted by molar-refractivity contribution is 5.69. The molecule has 29 heavy (non-hydrogen) atoms. The van der Waals surface area contributed by atoms with Crippen molar-refractivity contribution in [3.63, 3.8) is 0 Å². The number of rotatable bonds is 3. The van der Waals surface area contributed by atoms with Gasteiger partial charge < -0.3 is 10.4 Å². The number of phenolic OH excluding ortho intramolecular Hbond substituents is 1. The van der Waals surface area contributed by atoms with Crippen molar-refractivity contribution >= 4 is 5.95 Å². The van der Waals surface area contributed by atoms with Gasteiger partial charge in [0.25, 0.3) is 0 Å². The molecule has 0 unspecified atom stereocenters. The molecule has 1 aliphatic rings. The van der Waals surface area contributed by atoms with Crippen molar-refractivity contribution in [2.45, 2.75) is 58.3 Å². The highest BCUT2D eigenvalue weighted by Gasteiger charge is 2.32. The van der Waals surface area contributed by atoms with E-state index in [1.807, 2.05) is 0 Å². The Morgan fingerprint density at radius 3 is 2.48 bits per heavy atom. The lowest BCUT2D eigenvalue weighted by Gasteiger charge is -2.41. The van der Waals surface area contributed by atoms with Gasteiger partial charge >= 0.3 is 6.18 Å². The van der Waals surface area contributed by atoms with Crippen LogP contribution in [0.5, 0.6) is 5.75 Å². The van der Waals surface area contributed by atoms with E-state index >= 15 is 0 Å². The first-order chi connectivity index (χ1) is 13.4. The van der Waals surface area contributed by atoms with Gasteiger partial charge in [-0.2, -0.15) is 13.2 Å². The fourth-order valence-electron chi connectivity index (χ4n) is 3.51. The molecule has 2 aromatic rings. The molecule has 1 aromatic heterocycles. The molecule has 0 radical (unpaired) electrons. The van der Waals surface area contributed by atoms with Crippen LogP contribution in [0, 0.1) is 6.92 Å². The minimum Gasteiger partial charge on any atom is -0.507 e. The molecule has 1 aromatic carbocycles. The lowest BCUT2D eigenvalue weighted by molar-refractivity contribution is -0.137. The van der Waals surface area contributed by atoms with Crippen molar-refractivity contribution in [3.05, 3.63) is 29.5 Å². The van der Waals surface area contributed by atoms with Gasteiger partial charge in [-0.15, -0.1) is 10.2 Å². The fourth-order valence-corrected chi connectivity index (χ4v) is 3.51. The van der Waals surface area contributed by atoms with Crippen molar-refractivity contribution in [1.82, 2.24) is 20.1 Å². The van der Waals surface area contributed by atoms with Crippen LogP contribution in [-0.2, 0) is 6.18 Å². The highest BCUT2D eigenvalue weighted by Crippen LogP contribution is 2.36. The van der Waals surface area contributed by atoms with E-state index in [1.54, 1.807) is 6.92 Å². The second kappa shape index (κ2) is 7.78. The summed E-state index contributed by atoms with van der Waals surface area (Å²) in [5.74, 6) is -0.133. The number of hydrogen-bond acceptors (Lipinski definition) is 6. The van der Waals surface area contributed by atoms with E-state index in [2.05, 4.69) is 46.2 Å². The van der Waals surface area contributed by atoms with Crippen LogP contribution in [0.25, 0.3) is 11.3 Å². The van der Waals surface area contributed by atoms with Crippen LogP contribution in [0.3, 0.4) is 0 Å². The monoisotopic (exact) mass is 409 g/mol. The van der Waals surface area contributed by atoms with Gasteiger partial charge in [0.05, 0.1) is 11.3 Å². The third-order valence-corrected chi connectivity index (χ3v) is 5.14. The zero-order valence-corrected chi connectivity index (χ0v) is 17.0. The number of aromatic hydroxyl groups is 1. The summed E-state index contributed by atoms with van der Waals surface area (Å²) >= 11 is 0. The van der Waals surface area contributed by atoms with Gasteiger partial charge in [-0.1, -0.05) is 0 Å². The van der Waals surface area contributed by atoms with Gasteiger partial charge in [0, 0.05) is 23.7 Å². The smallest absolute Gasteiger partial charge is 0.416 e. The Hall–Kier alpha value is -2.42. The van der Waals surface area contributed by atoms with Crippen molar-refractivity contribution in [3.8, 4) is 17.0 Å².